The van der Waals surface area contributed by atoms with Crippen molar-refractivity contribution in [3.05, 3.63) is 29.6 Å². The Morgan fingerprint density at radius 3 is 2.94 bits per heavy atom. The van der Waals surface area contributed by atoms with Crippen molar-refractivity contribution in [2.45, 2.75) is 11.4 Å². The summed E-state index contributed by atoms with van der Waals surface area (Å²) in [6.45, 7) is 0. The number of halogens is 1. The number of thioether (sulfide) groups is 1. The number of hydrogen-bond acceptors (Lipinski definition) is 4. The minimum Gasteiger partial charge on any atom is -0.497 e. The summed E-state index contributed by atoms with van der Waals surface area (Å²) >= 11 is 1.39. The van der Waals surface area contributed by atoms with Crippen molar-refractivity contribution < 1.29 is 19.0 Å². The molecule has 2 N–H and O–H groups in total. The van der Waals surface area contributed by atoms with E-state index in [0.717, 1.165) is 0 Å². The molecule has 2 rings (SSSR count). The van der Waals surface area contributed by atoms with E-state index in [1.165, 1.54) is 24.9 Å². The number of hydrogen-bond donors (Lipinski definition) is 2. The van der Waals surface area contributed by atoms with Crippen LogP contribution in [0.3, 0.4) is 0 Å². The van der Waals surface area contributed by atoms with Crippen molar-refractivity contribution in [1.82, 2.24) is 5.32 Å². The smallest absolute Gasteiger partial charge is 0.321 e. The molecule has 2 atom stereocenters. The van der Waals surface area contributed by atoms with Crippen LogP contribution in [-0.4, -0.2) is 30.0 Å². The van der Waals surface area contributed by atoms with Gasteiger partial charge in [-0.3, -0.25) is 10.1 Å². The first kappa shape index (κ1) is 12.2. The third kappa shape index (κ3) is 2.53. The van der Waals surface area contributed by atoms with Gasteiger partial charge in [-0.1, -0.05) is 0 Å². The van der Waals surface area contributed by atoms with E-state index in [0.29, 0.717) is 17.1 Å². The predicted molar refractivity (Wildman–Crippen MR) is 62.7 cm³/mol. The summed E-state index contributed by atoms with van der Waals surface area (Å²) in [6.07, 6.45) is 0. The van der Waals surface area contributed by atoms with Gasteiger partial charge in [-0.25, -0.2) is 4.39 Å². The lowest BCUT2D eigenvalue weighted by atomic mass is 10.2. The molecule has 0 bridgehead atoms. The van der Waals surface area contributed by atoms with E-state index in [4.69, 9.17) is 9.84 Å². The number of ether oxygens (including phenoxy) is 1. The molecular weight excluding hydrogens is 245 g/mol. The van der Waals surface area contributed by atoms with Crippen molar-refractivity contribution in [3.63, 3.8) is 0 Å². The van der Waals surface area contributed by atoms with Gasteiger partial charge < -0.3 is 9.84 Å². The Morgan fingerprint density at radius 2 is 2.41 bits per heavy atom. The first-order valence-electron chi connectivity index (χ1n) is 5.05. The Morgan fingerprint density at radius 1 is 1.65 bits per heavy atom. The number of rotatable bonds is 3. The fourth-order valence-corrected chi connectivity index (χ4v) is 2.90. The quantitative estimate of drug-likeness (QED) is 0.861. The van der Waals surface area contributed by atoms with E-state index in [9.17, 15) is 9.18 Å². The minimum absolute atomic E-state index is 0.318. The molecule has 0 amide bonds. The standard InChI is InChI=1S/C11H12FNO3S/c1-16-6-2-3-7(8(12)4-6)10-13-9(5-17-10)11(14)15/h2-4,9-10,13H,5H2,1H3,(H,14,15)/t9-,10+/m0/s1. The summed E-state index contributed by atoms with van der Waals surface area (Å²) in [7, 11) is 1.47. The van der Waals surface area contributed by atoms with Crippen LogP contribution >= 0.6 is 11.8 Å². The molecule has 0 spiro atoms. The van der Waals surface area contributed by atoms with Gasteiger partial charge in [0.2, 0.25) is 0 Å². The Bertz CT molecular complexity index is 441. The van der Waals surface area contributed by atoms with E-state index in [1.807, 2.05) is 0 Å². The second-order valence-electron chi connectivity index (χ2n) is 3.66. The molecule has 0 aliphatic carbocycles. The molecule has 0 radical (unpaired) electrons. The van der Waals surface area contributed by atoms with Crippen molar-refractivity contribution in [2.75, 3.05) is 12.9 Å². The van der Waals surface area contributed by atoms with Gasteiger partial charge in [0, 0.05) is 17.4 Å². The summed E-state index contributed by atoms with van der Waals surface area (Å²) in [5.41, 5.74) is 0.458. The molecule has 17 heavy (non-hydrogen) atoms. The third-order valence-electron chi connectivity index (χ3n) is 2.57. The maximum Gasteiger partial charge on any atom is 0.321 e. The average molecular weight is 257 g/mol. The van der Waals surface area contributed by atoms with Gasteiger partial charge >= 0.3 is 5.97 Å². The molecule has 92 valence electrons. The Balaban J connectivity index is 2.16. The fourth-order valence-electron chi connectivity index (χ4n) is 1.64. The molecule has 1 aromatic rings. The predicted octanol–water partition coefficient (Wildman–Crippen LogP) is 1.62. The van der Waals surface area contributed by atoms with Crippen molar-refractivity contribution >= 4 is 17.7 Å². The number of carboxylic acid groups (broad SMARTS) is 1. The van der Waals surface area contributed by atoms with Crippen molar-refractivity contribution in [2.24, 2.45) is 0 Å². The summed E-state index contributed by atoms with van der Waals surface area (Å²) in [6, 6.07) is 3.95. The zero-order chi connectivity index (χ0) is 12.4. The molecule has 1 saturated heterocycles. The van der Waals surface area contributed by atoms with E-state index in [1.54, 1.807) is 12.1 Å². The molecule has 1 aromatic carbocycles. The number of benzene rings is 1. The second-order valence-corrected chi connectivity index (χ2v) is 4.80. The molecule has 6 heteroatoms. The van der Waals surface area contributed by atoms with Gasteiger partial charge in [0.25, 0.3) is 0 Å². The molecule has 1 fully saturated rings. The van der Waals surface area contributed by atoms with Crippen LogP contribution in [-0.2, 0) is 4.79 Å². The zero-order valence-electron chi connectivity index (χ0n) is 9.14. The number of carboxylic acids is 1. The summed E-state index contributed by atoms with van der Waals surface area (Å²) in [5.74, 6) is -0.413. The van der Waals surface area contributed by atoms with Crippen LogP contribution < -0.4 is 10.1 Å². The van der Waals surface area contributed by atoms with Crippen LogP contribution in [0.5, 0.6) is 5.75 Å². The van der Waals surface area contributed by atoms with Gasteiger partial charge in [-0.05, 0) is 12.1 Å². The first-order chi connectivity index (χ1) is 8.11. The molecule has 4 nitrogen and oxygen atoms in total. The number of methoxy groups -OCH3 is 1. The summed E-state index contributed by atoms with van der Waals surface area (Å²) in [4.78, 5) is 10.8. The number of aliphatic carboxylic acids is 1. The van der Waals surface area contributed by atoms with Gasteiger partial charge in [-0.15, -0.1) is 11.8 Å². The topological polar surface area (TPSA) is 58.6 Å². The lowest BCUT2D eigenvalue weighted by Crippen LogP contribution is -2.33. The monoisotopic (exact) mass is 257 g/mol. The van der Waals surface area contributed by atoms with Crippen molar-refractivity contribution in [1.29, 1.82) is 0 Å². The Labute approximate surface area is 102 Å². The van der Waals surface area contributed by atoms with Crippen LogP contribution in [0, 0.1) is 5.82 Å². The number of carbonyl (C=O) groups is 1. The average Bonchev–Trinajstić information content (AvgIpc) is 2.78. The van der Waals surface area contributed by atoms with Crippen LogP contribution in [0.25, 0.3) is 0 Å². The van der Waals surface area contributed by atoms with Gasteiger partial charge in [0.15, 0.2) is 0 Å². The summed E-state index contributed by atoms with van der Waals surface area (Å²) in [5, 5.41) is 11.4. The van der Waals surface area contributed by atoms with Crippen LogP contribution in [0.1, 0.15) is 10.9 Å². The van der Waals surface area contributed by atoms with Gasteiger partial charge in [-0.2, -0.15) is 0 Å². The van der Waals surface area contributed by atoms with E-state index >= 15 is 0 Å². The van der Waals surface area contributed by atoms with Crippen LogP contribution in [0.4, 0.5) is 4.39 Å². The van der Waals surface area contributed by atoms with E-state index in [2.05, 4.69) is 5.32 Å². The minimum atomic E-state index is -0.908. The first-order valence-corrected chi connectivity index (χ1v) is 6.10. The molecule has 1 heterocycles. The largest absolute Gasteiger partial charge is 0.497 e. The molecule has 0 aromatic heterocycles. The Hall–Kier alpha value is -1.27. The van der Waals surface area contributed by atoms with Crippen molar-refractivity contribution in [3.8, 4) is 5.75 Å². The van der Waals surface area contributed by atoms with Crippen LogP contribution in [0.2, 0.25) is 0 Å². The lowest BCUT2D eigenvalue weighted by Gasteiger charge is -2.13. The fraction of sp³-hybridized carbons (Fsp3) is 0.364. The normalized spacial score (nSPS) is 23.6. The molecular formula is C11H12FNO3S. The zero-order valence-corrected chi connectivity index (χ0v) is 9.96. The molecule has 0 unspecified atom stereocenters. The molecule has 0 saturated carbocycles. The maximum atomic E-state index is 13.7. The SMILES string of the molecule is COc1ccc([C@@H]2N[C@H](C(=O)O)CS2)c(F)c1. The van der Waals surface area contributed by atoms with E-state index in [-0.39, 0.29) is 11.2 Å². The Kier molecular flexibility index (Phi) is 3.54. The second kappa shape index (κ2) is 4.93. The number of nitrogens with one attached hydrogen (secondary N) is 1. The highest BCUT2D eigenvalue weighted by Gasteiger charge is 2.31. The highest BCUT2D eigenvalue weighted by atomic mass is 32.2. The van der Waals surface area contributed by atoms with Gasteiger partial charge in [0.05, 0.1) is 12.5 Å². The lowest BCUT2D eigenvalue weighted by molar-refractivity contribution is -0.138. The summed E-state index contributed by atoms with van der Waals surface area (Å²) < 4.78 is 18.6. The van der Waals surface area contributed by atoms with Gasteiger partial charge in [0.1, 0.15) is 17.6 Å². The molecule has 1 aliphatic rings. The van der Waals surface area contributed by atoms with Crippen LogP contribution in [0.15, 0.2) is 18.2 Å². The highest BCUT2D eigenvalue weighted by molar-refractivity contribution is 7.99. The maximum absolute atomic E-state index is 13.7. The highest BCUT2D eigenvalue weighted by Crippen LogP contribution is 2.35. The third-order valence-corrected chi connectivity index (χ3v) is 3.82. The molecule has 1 aliphatic heterocycles. The van der Waals surface area contributed by atoms with E-state index < -0.39 is 12.0 Å².